The number of allylic oxidation sites excluding steroid dienone is 2. The number of nitrogens with one attached hydrogen (secondary N) is 1. The van der Waals surface area contributed by atoms with Gasteiger partial charge in [-0.25, -0.2) is 0 Å². The first kappa shape index (κ1) is 9.97. The van der Waals surface area contributed by atoms with Gasteiger partial charge in [0, 0.05) is 12.6 Å². The fourth-order valence-electron chi connectivity index (χ4n) is 2.31. The molecule has 0 fully saturated rings. The van der Waals surface area contributed by atoms with Crippen molar-refractivity contribution in [2.75, 3.05) is 6.54 Å². The summed E-state index contributed by atoms with van der Waals surface area (Å²) in [6.45, 7) is 1.12. The van der Waals surface area contributed by atoms with Crippen molar-refractivity contribution in [2.45, 2.75) is 51.0 Å². The van der Waals surface area contributed by atoms with E-state index in [4.69, 9.17) is 0 Å². The molecule has 1 nitrogen and oxygen atoms in total. The summed E-state index contributed by atoms with van der Waals surface area (Å²) in [5.74, 6) is 0. The Bertz CT molecular complexity index is 227. The predicted molar refractivity (Wildman–Crippen MR) is 61.3 cm³/mol. The van der Waals surface area contributed by atoms with Crippen LogP contribution >= 0.6 is 0 Å². The number of hydrogen-bond donors (Lipinski definition) is 1. The molecule has 78 valence electrons. The van der Waals surface area contributed by atoms with Gasteiger partial charge in [-0.3, -0.25) is 0 Å². The second-order valence-corrected chi connectivity index (χ2v) is 4.45. The molecule has 14 heavy (non-hydrogen) atoms. The summed E-state index contributed by atoms with van der Waals surface area (Å²) in [6, 6.07) is 0.645. The lowest BCUT2D eigenvalue weighted by Gasteiger charge is -2.20. The smallest absolute Gasteiger partial charge is 0.0253 e. The van der Waals surface area contributed by atoms with E-state index in [1.54, 1.807) is 5.57 Å². The Labute approximate surface area is 87.3 Å². The second kappa shape index (κ2) is 5.35. The molecule has 0 bridgehead atoms. The monoisotopic (exact) mass is 191 g/mol. The van der Waals surface area contributed by atoms with Crippen molar-refractivity contribution in [3.63, 3.8) is 0 Å². The molecular formula is C13H21N. The first-order chi connectivity index (χ1) is 6.95. The highest BCUT2D eigenvalue weighted by molar-refractivity contribution is 5.08. The van der Waals surface area contributed by atoms with Crippen LogP contribution in [0.1, 0.15) is 44.9 Å². The van der Waals surface area contributed by atoms with Crippen LogP contribution in [0.15, 0.2) is 23.8 Å². The third-order valence-corrected chi connectivity index (χ3v) is 3.23. The van der Waals surface area contributed by atoms with Crippen molar-refractivity contribution in [1.82, 2.24) is 5.32 Å². The molecule has 0 aromatic heterocycles. The number of rotatable bonds is 3. The van der Waals surface area contributed by atoms with Crippen LogP contribution in [0.4, 0.5) is 0 Å². The highest BCUT2D eigenvalue weighted by Crippen LogP contribution is 2.17. The van der Waals surface area contributed by atoms with Crippen LogP contribution < -0.4 is 5.32 Å². The van der Waals surface area contributed by atoms with Crippen molar-refractivity contribution in [2.24, 2.45) is 0 Å². The molecule has 1 heteroatoms. The molecular weight excluding hydrogens is 170 g/mol. The molecule has 2 aliphatic carbocycles. The van der Waals surface area contributed by atoms with Gasteiger partial charge in [-0.05, 0) is 44.9 Å². The normalized spacial score (nSPS) is 27.4. The van der Waals surface area contributed by atoms with Crippen LogP contribution in [0.2, 0.25) is 0 Å². The molecule has 0 aromatic carbocycles. The molecule has 1 atom stereocenters. The summed E-state index contributed by atoms with van der Waals surface area (Å²) in [4.78, 5) is 0. The van der Waals surface area contributed by atoms with Crippen LogP contribution in [0, 0.1) is 0 Å². The predicted octanol–water partition coefficient (Wildman–Crippen LogP) is 3.19. The highest BCUT2D eigenvalue weighted by atomic mass is 14.9. The maximum atomic E-state index is 3.64. The van der Waals surface area contributed by atoms with Gasteiger partial charge in [0.1, 0.15) is 0 Å². The summed E-state index contributed by atoms with van der Waals surface area (Å²) in [7, 11) is 0. The van der Waals surface area contributed by atoms with Gasteiger partial charge in [0.05, 0.1) is 0 Å². The Balaban J connectivity index is 1.73. The van der Waals surface area contributed by atoms with Crippen LogP contribution in [0.25, 0.3) is 0 Å². The zero-order valence-electron chi connectivity index (χ0n) is 8.97. The maximum Gasteiger partial charge on any atom is 0.0253 e. The van der Waals surface area contributed by atoms with Crippen LogP contribution in [0.5, 0.6) is 0 Å². The quantitative estimate of drug-likeness (QED) is 0.676. The Morgan fingerprint density at radius 3 is 2.93 bits per heavy atom. The van der Waals surface area contributed by atoms with E-state index in [0.29, 0.717) is 6.04 Å². The summed E-state index contributed by atoms with van der Waals surface area (Å²) in [6.07, 6.45) is 16.5. The average Bonchev–Trinajstić information content (AvgIpc) is 2.29. The summed E-state index contributed by atoms with van der Waals surface area (Å²) >= 11 is 0. The Morgan fingerprint density at radius 1 is 1.21 bits per heavy atom. The second-order valence-electron chi connectivity index (χ2n) is 4.45. The maximum absolute atomic E-state index is 3.64. The van der Waals surface area contributed by atoms with Gasteiger partial charge >= 0.3 is 0 Å². The standard InChI is InChI=1S/C13H21N/c1-3-7-12(8-4-1)11-14-13-9-5-2-6-10-13/h5,7,9,13-14H,1-4,6,8,10-11H2. The highest BCUT2D eigenvalue weighted by Gasteiger charge is 2.09. The molecule has 2 rings (SSSR count). The van der Waals surface area contributed by atoms with Gasteiger partial charge in [-0.1, -0.05) is 23.8 Å². The molecule has 1 N–H and O–H groups in total. The van der Waals surface area contributed by atoms with E-state index in [2.05, 4.69) is 23.5 Å². The zero-order valence-corrected chi connectivity index (χ0v) is 8.97. The summed E-state index contributed by atoms with van der Waals surface area (Å²) < 4.78 is 0. The van der Waals surface area contributed by atoms with Crippen LogP contribution in [-0.4, -0.2) is 12.6 Å². The van der Waals surface area contributed by atoms with Gasteiger partial charge < -0.3 is 5.32 Å². The molecule has 0 saturated carbocycles. The minimum Gasteiger partial charge on any atom is -0.307 e. The van der Waals surface area contributed by atoms with Crippen LogP contribution in [-0.2, 0) is 0 Å². The lowest BCUT2D eigenvalue weighted by molar-refractivity contribution is 0.532. The molecule has 0 amide bonds. The molecule has 0 heterocycles. The van der Waals surface area contributed by atoms with E-state index >= 15 is 0 Å². The number of hydrogen-bond acceptors (Lipinski definition) is 1. The van der Waals surface area contributed by atoms with Crippen molar-refractivity contribution in [3.05, 3.63) is 23.8 Å². The van der Waals surface area contributed by atoms with Gasteiger partial charge in [0.2, 0.25) is 0 Å². The van der Waals surface area contributed by atoms with Gasteiger partial charge in [-0.15, -0.1) is 0 Å². The minimum atomic E-state index is 0.645. The Kier molecular flexibility index (Phi) is 3.81. The van der Waals surface area contributed by atoms with Gasteiger partial charge in [0.25, 0.3) is 0 Å². The average molecular weight is 191 g/mol. The minimum absolute atomic E-state index is 0.645. The summed E-state index contributed by atoms with van der Waals surface area (Å²) in [5.41, 5.74) is 1.63. The Morgan fingerprint density at radius 2 is 2.21 bits per heavy atom. The molecule has 0 saturated heterocycles. The topological polar surface area (TPSA) is 12.0 Å². The molecule has 0 radical (unpaired) electrons. The lowest BCUT2D eigenvalue weighted by Crippen LogP contribution is -2.30. The van der Waals surface area contributed by atoms with E-state index in [1.807, 2.05) is 0 Å². The first-order valence-corrected chi connectivity index (χ1v) is 6.03. The van der Waals surface area contributed by atoms with E-state index in [-0.39, 0.29) is 0 Å². The van der Waals surface area contributed by atoms with Crippen molar-refractivity contribution >= 4 is 0 Å². The first-order valence-electron chi connectivity index (χ1n) is 6.03. The third kappa shape index (κ3) is 2.98. The van der Waals surface area contributed by atoms with E-state index in [1.165, 1.54) is 44.9 Å². The Hall–Kier alpha value is -0.560. The molecule has 2 aliphatic rings. The molecule has 0 aliphatic heterocycles. The largest absolute Gasteiger partial charge is 0.307 e. The third-order valence-electron chi connectivity index (χ3n) is 3.23. The molecule has 0 spiro atoms. The van der Waals surface area contributed by atoms with Gasteiger partial charge in [-0.2, -0.15) is 0 Å². The molecule has 0 aromatic rings. The fourth-order valence-corrected chi connectivity index (χ4v) is 2.31. The molecule has 1 unspecified atom stereocenters. The van der Waals surface area contributed by atoms with Crippen LogP contribution in [0.3, 0.4) is 0 Å². The van der Waals surface area contributed by atoms with Crippen molar-refractivity contribution < 1.29 is 0 Å². The van der Waals surface area contributed by atoms with Crippen molar-refractivity contribution in [3.8, 4) is 0 Å². The SMILES string of the molecule is C1=CC(NCC2=CCCCC2)CCC1. The van der Waals surface area contributed by atoms with Crippen molar-refractivity contribution in [1.29, 1.82) is 0 Å². The lowest BCUT2D eigenvalue weighted by atomic mass is 9.98. The summed E-state index contributed by atoms with van der Waals surface area (Å²) in [5, 5.41) is 3.64. The fraction of sp³-hybridized carbons (Fsp3) is 0.692. The van der Waals surface area contributed by atoms with E-state index in [9.17, 15) is 0 Å². The zero-order chi connectivity index (χ0) is 9.64. The van der Waals surface area contributed by atoms with Gasteiger partial charge in [0.15, 0.2) is 0 Å². The van der Waals surface area contributed by atoms with E-state index in [0.717, 1.165) is 6.54 Å². The van der Waals surface area contributed by atoms with E-state index < -0.39 is 0 Å².